The van der Waals surface area contributed by atoms with Crippen LogP contribution in [0.25, 0.3) is 5.57 Å². The molecular formula is C28H43N3O3. The van der Waals surface area contributed by atoms with Gasteiger partial charge in [0.2, 0.25) is 0 Å². The van der Waals surface area contributed by atoms with E-state index in [1.54, 1.807) is 0 Å². The number of aliphatic hydroxyl groups excluding tert-OH is 2. The number of ether oxygens (including phenoxy) is 1. The lowest BCUT2D eigenvalue weighted by Gasteiger charge is -2.41. The molecule has 2 fully saturated rings. The Hall–Kier alpha value is -1.54. The maximum Gasteiger partial charge on any atom is 0.145 e. The van der Waals surface area contributed by atoms with Gasteiger partial charge in [0.05, 0.1) is 18.8 Å². The first kappa shape index (κ1) is 25.5. The average molecular weight is 470 g/mol. The van der Waals surface area contributed by atoms with Crippen molar-refractivity contribution in [3.8, 4) is 0 Å². The van der Waals surface area contributed by atoms with E-state index in [9.17, 15) is 10.2 Å². The molecule has 188 valence electrons. The van der Waals surface area contributed by atoms with Crippen LogP contribution in [-0.4, -0.2) is 90.4 Å². The minimum Gasteiger partial charge on any atom is -0.392 e. The number of nitrogens with zero attached hydrogens (tertiary/aromatic N) is 2. The quantitative estimate of drug-likeness (QED) is 0.342. The topological polar surface area (TPSA) is 68.2 Å². The van der Waals surface area contributed by atoms with Gasteiger partial charge in [0, 0.05) is 38.6 Å². The summed E-state index contributed by atoms with van der Waals surface area (Å²) in [6, 6.07) is 8.58. The molecule has 6 heteroatoms. The third-order valence-electron chi connectivity index (χ3n) is 7.69. The second-order valence-electron chi connectivity index (χ2n) is 10.3. The maximum absolute atomic E-state index is 9.80. The van der Waals surface area contributed by atoms with E-state index < -0.39 is 5.72 Å². The number of aryl methyl sites for hydroxylation is 1. The van der Waals surface area contributed by atoms with Crippen molar-refractivity contribution in [2.75, 3.05) is 52.4 Å². The Morgan fingerprint density at radius 2 is 1.71 bits per heavy atom. The predicted molar refractivity (Wildman–Crippen MR) is 138 cm³/mol. The van der Waals surface area contributed by atoms with Gasteiger partial charge in [0.25, 0.3) is 0 Å². The first-order chi connectivity index (χ1) is 16.5. The van der Waals surface area contributed by atoms with Gasteiger partial charge < -0.3 is 24.7 Å². The first-order valence-electron chi connectivity index (χ1n) is 13.1. The largest absolute Gasteiger partial charge is 0.392 e. The zero-order valence-corrected chi connectivity index (χ0v) is 21.0. The van der Waals surface area contributed by atoms with Crippen molar-refractivity contribution >= 4 is 5.57 Å². The van der Waals surface area contributed by atoms with Crippen molar-refractivity contribution in [1.82, 2.24) is 15.1 Å². The van der Waals surface area contributed by atoms with E-state index in [0.29, 0.717) is 6.61 Å². The van der Waals surface area contributed by atoms with Crippen molar-refractivity contribution in [1.29, 1.82) is 0 Å². The third-order valence-corrected chi connectivity index (χ3v) is 7.69. The second-order valence-corrected chi connectivity index (χ2v) is 10.3. The zero-order chi connectivity index (χ0) is 24.0. The van der Waals surface area contributed by atoms with Gasteiger partial charge >= 0.3 is 0 Å². The van der Waals surface area contributed by atoms with E-state index in [2.05, 4.69) is 71.5 Å². The van der Waals surface area contributed by atoms with Gasteiger partial charge in [-0.2, -0.15) is 0 Å². The fraction of sp³-hybridized carbons (Fsp3) is 0.643. The zero-order valence-electron chi connectivity index (χ0n) is 21.0. The lowest BCUT2D eigenvalue weighted by atomic mass is 9.80. The van der Waals surface area contributed by atoms with Crippen LogP contribution in [-0.2, 0) is 4.74 Å². The molecule has 1 aromatic carbocycles. The van der Waals surface area contributed by atoms with Crippen LogP contribution < -0.4 is 5.32 Å². The average Bonchev–Trinajstić information content (AvgIpc) is 3.44. The number of β-amino-alcohol motifs (C(OH)–C–C–N with tert-alkyl or cyclic N) is 2. The summed E-state index contributed by atoms with van der Waals surface area (Å²) < 4.78 is 6.67. The summed E-state index contributed by atoms with van der Waals surface area (Å²) >= 11 is 0. The lowest BCUT2D eigenvalue weighted by molar-refractivity contribution is -0.0592. The summed E-state index contributed by atoms with van der Waals surface area (Å²) in [6.45, 7) is 11.5. The fourth-order valence-corrected chi connectivity index (χ4v) is 5.62. The Kier molecular flexibility index (Phi) is 8.97. The molecule has 2 unspecified atom stereocenters. The van der Waals surface area contributed by atoms with Crippen molar-refractivity contribution in [3.05, 3.63) is 53.6 Å². The van der Waals surface area contributed by atoms with Crippen LogP contribution >= 0.6 is 0 Å². The molecule has 1 aliphatic carbocycles. The lowest BCUT2D eigenvalue weighted by Crippen LogP contribution is -2.53. The molecule has 6 nitrogen and oxygen atoms in total. The second kappa shape index (κ2) is 11.9. The highest BCUT2D eigenvalue weighted by Crippen LogP contribution is 2.38. The molecular weight excluding hydrogens is 426 g/mol. The Morgan fingerprint density at radius 1 is 1.03 bits per heavy atom. The molecule has 2 aliphatic heterocycles. The van der Waals surface area contributed by atoms with E-state index >= 15 is 0 Å². The monoisotopic (exact) mass is 469 g/mol. The van der Waals surface area contributed by atoms with E-state index in [4.69, 9.17) is 4.74 Å². The summed E-state index contributed by atoms with van der Waals surface area (Å²) in [7, 11) is 0. The Labute approximate surface area is 205 Å². The minimum atomic E-state index is -0.540. The molecule has 0 aromatic heterocycles. The van der Waals surface area contributed by atoms with Crippen molar-refractivity contribution in [2.24, 2.45) is 5.92 Å². The van der Waals surface area contributed by atoms with Crippen LogP contribution in [0.4, 0.5) is 0 Å². The van der Waals surface area contributed by atoms with Gasteiger partial charge in [-0.1, -0.05) is 43.3 Å². The molecule has 1 aromatic rings. The van der Waals surface area contributed by atoms with Gasteiger partial charge in [0.15, 0.2) is 0 Å². The standard InChI is InChI=1S/C28H43N3O3/c1-22-8-3-4-9-26(22)27-10-5-13-28(23(27)2,29-14-6-15-30-17-11-24(32)20-30)34-19-7-16-31-18-12-25(33)21-31/h3-5,8-10,13,23-25,29,32-33H,6-7,11-12,14-21H2,1-2H3/t23?,24-,25-,28?/m1/s1. The highest BCUT2D eigenvalue weighted by molar-refractivity contribution is 5.73. The van der Waals surface area contributed by atoms with E-state index in [1.807, 2.05) is 0 Å². The molecule has 4 rings (SSSR count). The summed E-state index contributed by atoms with van der Waals surface area (Å²) in [5.41, 5.74) is 3.33. The Balaban J connectivity index is 1.38. The molecule has 3 aliphatic rings. The maximum atomic E-state index is 9.80. The summed E-state index contributed by atoms with van der Waals surface area (Å²) in [5, 5.41) is 23.4. The molecule has 34 heavy (non-hydrogen) atoms. The fourth-order valence-electron chi connectivity index (χ4n) is 5.62. The van der Waals surface area contributed by atoms with E-state index in [1.165, 1.54) is 16.7 Å². The Morgan fingerprint density at radius 3 is 2.35 bits per heavy atom. The molecule has 0 saturated carbocycles. The summed E-state index contributed by atoms with van der Waals surface area (Å²) in [5.74, 6) is 0.167. The van der Waals surface area contributed by atoms with Crippen molar-refractivity contribution < 1.29 is 14.9 Å². The molecule has 4 atom stereocenters. The molecule has 0 spiro atoms. The molecule has 3 N–H and O–H groups in total. The number of likely N-dealkylation sites (tertiary alicyclic amines) is 2. The number of benzene rings is 1. The van der Waals surface area contributed by atoms with Gasteiger partial charge in [-0.3, -0.25) is 5.32 Å². The molecule has 0 radical (unpaired) electrons. The number of aliphatic hydroxyl groups is 2. The number of nitrogens with one attached hydrogen (secondary N) is 1. The van der Waals surface area contributed by atoms with Crippen LogP contribution in [0.1, 0.15) is 43.7 Å². The van der Waals surface area contributed by atoms with Crippen LogP contribution in [0.2, 0.25) is 0 Å². The number of hydrogen-bond acceptors (Lipinski definition) is 6. The molecule has 2 saturated heterocycles. The van der Waals surface area contributed by atoms with Crippen molar-refractivity contribution in [3.63, 3.8) is 0 Å². The predicted octanol–water partition coefficient (Wildman–Crippen LogP) is 2.80. The normalized spacial score (nSPS) is 30.2. The third kappa shape index (κ3) is 6.36. The van der Waals surface area contributed by atoms with Gasteiger partial charge in [-0.25, -0.2) is 0 Å². The summed E-state index contributed by atoms with van der Waals surface area (Å²) in [4.78, 5) is 4.68. The number of hydrogen-bond donors (Lipinski definition) is 3. The van der Waals surface area contributed by atoms with Gasteiger partial charge in [0.1, 0.15) is 5.72 Å². The van der Waals surface area contributed by atoms with Gasteiger partial charge in [-0.05, 0) is 68.5 Å². The smallest absolute Gasteiger partial charge is 0.145 e. The van der Waals surface area contributed by atoms with E-state index in [-0.39, 0.29) is 18.1 Å². The summed E-state index contributed by atoms with van der Waals surface area (Å²) in [6.07, 6.45) is 9.97. The van der Waals surface area contributed by atoms with Crippen LogP contribution in [0.3, 0.4) is 0 Å². The Bertz CT molecular complexity index is 827. The number of allylic oxidation sites excluding steroid dienone is 2. The number of rotatable bonds is 11. The van der Waals surface area contributed by atoms with Crippen LogP contribution in [0, 0.1) is 12.8 Å². The van der Waals surface area contributed by atoms with Gasteiger partial charge in [-0.15, -0.1) is 0 Å². The first-order valence-corrected chi connectivity index (χ1v) is 13.1. The SMILES string of the molecule is Cc1ccccc1C1=CC=CC(NCCCN2CC[C@@H](O)C2)(OCCCN2CC[C@@H](O)C2)C1C. The van der Waals surface area contributed by atoms with Crippen molar-refractivity contribution in [2.45, 2.75) is 57.5 Å². The molecule has 2 heterocycles. The van der Waals surface area contributed by atoms with Crippen LogP contribution in [0.5, 0.6) is 0 Å². The highest BCUT2D eigenvalue weighted by Gasteiger charge is 2.38. The highest BCUT2D eigenvalue weighted by atomic mass is 16.5. The molecule has 0 amide bonds. The van der Waals surface area contributed by atoms with E-state index in [0.717, 1.165) is 71.5 Å². The minimum absolute atomic E-state index is 0.164. The molecule has 0 bridgehead atoms. The van der Waals surface area contributed by atoms with Crippen LogP contribution in [0.15, 0.2) is 42.5 Å².